The summed E-state index contributed by atoms with van der Waals surface area (Å²) in [6, 6.07) is 29.1. The van der Waals surface area contributed by atoms with Gasteiger partial charge in [-0.05, 0) is 71.8 Å². The minimum absolute atomic E-state index is 0.414. The van der Waals surface area contributed by atoms with Crippen molar-refractivity contribution in [2.24, 2.45) is 0 Å². The van der Waals surface area contributed by atoms with Crippen LogP contribution in [0.15, 0.2) is 84.9 Å². The average Bonchev–Trinajstić information content (AvgIpc) is 2.90. The monoisotopic (exact) mass is 482 g/mol. The third-order valence-electron chi connectivity index (χ3n) is 6.38. The molecule has 0 amide bonds. The quantitative estimate of drug-likeness (QED) is 0.132. The summed E-state index contributed by atoms with van der Waals surface area (Å²) in [7, 11) is 0. The summed E-state index contributed by atoms with van der Waals surface area (Å²) in [5, 5.41) is 12.5. The van der Waals surface area contributed by atoms with Crippen LogP contribution in [0.4, 0.5) is 0 Å². The van der Waals surface area contributed by atoms with E-state index in [0.29, 0.717) is 12.4 Å². The van der Waals surface area contributed by atoms with Crippen LogP contribution in [0.25, 0.3) is 33.4 Å². The summed E-state index contributed by atoms with van der Waals surface area (Å²) in [5.41, 5.74) is 8.91. The number of unbranched alkanes of at least 4 members (excludes halogenated alkanes) is 3. The maximum Gasteiger partial charge on any atom is 0.168 e. The van der Waals surface area contributed by atoms with Gasteiger partial charge in [0.2, 0.25) is 0 Å². The fraction of sp³-hybridized carbons (Fsp3) is 0.250. The number of rotatable bonds is 11. The molecule has 0 radical (unpaired) electrons. The van der Waals surface area contributed by atoms with Crippen molar-refractivity contribution >= 4 is 0 Å². The predicted octanol–water partition coefficient (Wildman–Crippen LogP) is 9.05. The molecule has 0 aromatic heterocycles. The van der Waals surface area contributed by atoms with Crippen molar-refractivity contribution < 1.29 is 19.9 Å². The molecule has 186 valence electrons. The Hall–Kier alpha value is -3.60. The Labute approximate surface area is 214 Å². The van der Waals surface area contributed by atoms with Gasteiger partial charge in [0.05, 0.1) is 6.61 Å². The van der Waals surface area contributed by atoms with E-state index in [4.69, 9.17) is 14.9 Å². The molecule has 4 rings (SSSR count). The molecule has 1 N–H and O–H groups in total. The number of benzene rings is 4. The van der Waals surface area contributed by atoms with Crippen molar-refractivity contribution in [3.05, 3.63) is 96.1 Å². The SMILES string of the molecule is CCCCCCOc1c(-c2ccc(C)cc2)cc(-c2ccc(C)cc2)cc1-c1ccc(OOO)cc1. The van der Waals surface area contributed by atoms with Crippen molar-refractivity contribution in [1.82, 2.24) is 0 Å². The van der Waals surface area contributed by atoms with Crippen LogP contribution in [0.3, 0.4) is 0 Å². The van der Waals surface area contributed by atoms with Gasteiger partial charge in [0, 0.05) is 11.1 Å². The number of hydrogen-bond acceptors (Lipinski definition) is 4. The van der Waals surface area contributed by atoms with E-state index >= 15 is 0 Å². The molecule has 0 bridgehead atoms. The maximum atomic E-state index is 8.63. The maximum absolute atomic E-state index is 8.63. The zero-order chi connectivity index (χ0) is 25.3. The Kier molecular flexibility index (Phi) is 8.77. The first-order valence-corrected chi connectivity index (χ1v) is 12.6. The van der Waals surface area contributed by atoms with Crippen molar-refractivity contribution in [3.8, 4) is 44.9 Å². The van der Waals surface area contributed by atoms with E-state index in [9.17, 15) is 0 Å². The number of aryl methyl sites for hydroxylation is 2. The molecule has 0 heterocycles. The summed E-state index contributed by atoms with van der Waals surface area (Å²) in [6.45, 7) is 7.08. The second-order valence-electron chi connectivity index (χ2n) is 9.22. The Morgan fingerprint density at radius 3 is 1.67 bits per heavy atom. The molecule has 0 saturated heterocycles. The van der Waals surface area contributed by atoms with Gasteiger partial charge in [0.15, 0.2) is 5.75 Å². The smallest absolute Gasteiger partial charge is 0.168 e. The van der Waals surface area contributed by atoms with Gasteiger partial charge in [0.25, 0.3) is 0 Å². The predicted molar refractivity (Wildman–Crippen MR) is 146 cm³/mol. The first kappa shape index (κ1) is 25.5. The molecule has 0 atom stereocenters. The molecule has 36 heavy (non-hydrogen) atoms. The lowest BCUT2D eigenvalue weighted by Gasteiger charge is -2.19. The highest BCUT2D eigenvalue weighted by atomic mass is 17.5. The van der Waals surface area contributed by atoms with Gasteiger partial charge in [-0.2, -0.15) is 0 Å². The molecule has 0 fully saturated rings. The summed E-state index contributed by atoms with van der Waals surface area (Å²) in [5.74, 6) is 1.29. The Bertz CT molecular complexity index is 1240. The molecule has 0 aliphatic rings. The zero-order valence-corrected chi connectivity index (χ0v) is 21.3. The fourth-order valence-corrected chi connectivity index (χ4v) is 4.30. The van der Waals surface area contributed by atoms with Crippen LogP contribution in [-0.4, -0.2) is 11.9 Å². The van der Waals surface area contributed by atoms with Crippen molar-refractivity contribution in [1.29, 1.82) is 0 Å². The van der Waals surface area contributed by atoms with Gasteiger partial charge in [-0.1, -0.05) is 98.0 Å². The first-order chi connectivity index (χ1) is 17.6. The lowest BCUT2D eigenvalue weighted by molar-refractivity contribution is -0.438. The summed E-state index contributed by atoms with van der Waals surface area (Å²) < 4.78 is 6.55. The highest BCUT2D eigenvalue weighted by Gasteiger charge is 2.17. The Balaban J connectivity index is 1.86. The van der Waals surface area contributed by atoms with Gasteiger partial charge in [-0.3, -0.25) is 0 Å². The molecule has 0 spiro atoms. The lowest BCUT2D eigenvalue weighted by Crippen LogP contribution is -2.02. The second-order valence-corrected chi connectivity index (χ2v) is 9.22. The fourth-order valence-electron chi connectivity index (χ4n) is 4.30. The van der Waals surface area contributed by atoms with Crippen LogP contribution in [0.5, 0.6) is 11.5 Å². The van der Waals surface area contributed by atoms with Gasteiger partial charge in [-0.15, -0.1) is 0 Å². The topological polar surface area (TPSA) is 47.9 Å². The van der Waals surface area contributed by atoms with E-state index in [1.807, 2.05) is 12.1 Å². The minimum atomic E-state index is 0.414. The minimum Gasteiger partial charge on any atom is -0.492 e. The van der Waals surface area contributed by atoms with Crippen LogP contribution >= 0.6 is 0 Å². The van der Waals surface area contributed by atoms with Crippen LogP contribution in [0.1, 0.15) is 43.7 Å². The molecule has 4 aromatic rings. The van der Waals surface area contributed by atoms with Gasteiger partial charge >= 0.3 is 0 Å². The molecule has 4 aromatic carbocycles. The lowest BCUT2D eigenvalue weighted by atomic mass is 9.91. The standard InChI is InChI=1S/C32H34O4/c1-4-5-6-7-20-34-32-30(26-14-10-24(3)11-15-26)21-28(25-12-8-23(2)9-13-25)22-31(32)27-16-18-29(19-17-27)35-36-33/h8-19,21-22,33H,4-7,20H2,1-3H3. The number of ether oxygens (including phenoxy) is 1. The molecular formula is C32H34O4. The van der Waals surface area contributed by atoms with Crippen LogP contribution in [0.2, 0.25) is 0 Å². The zero-order valence-electron chi connectivity index (χ0n) is 21.3. The van der Waals surface area contributed by atoms with Gasteiger partial charge < -0.3 is 9.62 Å². The molecule has 4 heteroatoms. The summed E-state index contributed by atoms with van der Waals surface area (Å²) in [4.78, 5) is 4.76. The first-order valence-electron chi connectivity index (χ1n) is 12.6. The van der Waals surface area contributed by atoms with Crippen LogP contribution in [-0.2, 0) is 5.04 Å². The average molecular weight is 483 g/mol. The van der Waals surface area contributed by atoms with E-state index < -0.39 is 0 Å². The Morgan fingerprint density at radius 2 is 1.14 bits per heavy atom. The summed E-state index contributed by atoms with van der Waals surface area (Å²) >= 11 is 0. The third-order valence-corrected chi connectivity index (χ3v) is 6.38. The van der Waals surface area contributed by atoms with E-state index in [0.717, 1.165) is 52.0 Å². The van der Waals surface area contributed by atoms with Crippen molar-refractivity contribution in [2.75, 3.05) is 6.61 Å². The Morgan fingerprint density at radius 1 is 0.611 bits per heavy atom. The van der Waals surface area contributed by atoms with E-state index in [1.54, 1.807) is 12.1 Å². The molecule has 0 aliphatic heterocycles. The highest BCUT2D eigenvalue weighted by Crippen LogP contribution is 2.43. The second kappa shape index (κ2) is 12.4. The van der Waals surface area contributed by atoms with Crippen LogP contribution < -0.4 is 9.62 Å². The molecule has 0 aliphatic carbocycles. The highest BCUT2D eigenvalue weighted by molar-refractivity contribution is 5.88. The third kappa shape index (κ3) is 6.34. The van der Waals surface area contributed by atoms with Crippen molar-refractivity contribution in [2.45, 2.75) is 46.5 Å². The molecule has 4 nitrogen and oxygen atoms in total. The molecule has 0 unspecified atom stereocenters. The van der Waals surface area contributed by atoms with Crippen LogP contribution in [0, 0.1) is 13.8 Å². The van der Waals surface area contributed by atoms with E-state index in [1.165, 1.54) is 24.0 Å². The van der Waals surface area contributed by atoms with Gasteiger partial charge in [0.1, 0.15) is 5.75 Å². The largest absolute Gasteiger partial charge is 0.492 e. The summed E-state index contributed by atoms with van der Waals surface area (Å²) in [6.07, 6.45) is 4.57. The normalized spacial score (nSPS) is 10.9. The van der Waals surface area contributed by atoms with Crippen molar-refractivity contribution in [3.63, 3.8) is 0 Å². The number of hydrogen-bond donors (Lipinski definition) is 1. The van der Waals surface area contributed by atoms with E-state index in [2.05, 4.69) is 86.5 Å². The molecule has 0 saturated carbocycles. The van der Waals surface area contributed by atoms with E-state index in [-0.39, 0.29) is 0 Å². The molecular weight excluding hydrogens is 448 g/mol. The van der Waals surface area contributed by atoms with Gasteiger partial charge in [-0.25, -0.2) is 5.26 Å².